The van der Waals surface area contributed by atoms with Crippen LogP contribution in [0.3, 0.4) is 0 Å². The number of hydroxylamine groups is 1. The van der Waals surface area contributed by atoms with Crippen molar-refractivity contribution in [3.05, 3.63) is 64.7 Å². The van der Waals surface area contributed by atoms with Crippen LogP contribution in [0, 0.1) is 13.8 Å². The molecule has 2 aromatic carbocycles. The third kappa shape index (κ3) is 5.80. The average Bonchev–Trinajstić information content (AvgIpc) is 2.66. The number of nitrogens with one attached hydrogen (secondary N) is 1. The molecule has 0 spiro atoms. The molecule has 0 aliphatic carbocycles. The molecule has 0 saturated heterocycles. The predicted molar refractivity (Wildman–Crippen MR) is 101 cm³/mol. The minimum Gasteiger partial charge on any atom is -0.489 e. The first kappa shape index (κ1) is 20.4. The van der Waals surface area contributed by atoms with E-state index in [4.69, 9.17) is 19.5 Å². The quantitative estimate of drug-likeness (QED) is 0.400. The normalized spacial score (nSPS) is 11.2. The monoisotopic (exact) mass is 372 g/mol. The van der Waals surface area contributed by atoms with Crippen molar-refractivity contribution in [2.24, 2.45) is 5.16 Å². The predicted octanol–water partition coefficient (Wildman–Crippen LogP) is 2.27. The van der Waals surface area contributed by atoms with Crippen molar-refractivity contribution in [1.82, 2.24) is 5.48 Å². The van der Waals surface area contributed by atoms with Crippen LogP contribution in [0.5, 0.6) is 5.75 Å². The SMILES string of the molecule is CON=C(C(=O)NOCCO)c1ccccc1COc1ccc(C)cc1C. The molecular formula is C20H24N2O5. The Morgan fingerprint density at radius 2 is 1.96 bits per heavy atom. The van der Waals surface area contributed by atoms with Crippen molar-refractivity contribution >= 4 is 11.6 Å². The maximum absolute atomic E-state index is 12.4. The Morgan fingerprint density at radius 1 is 1.19 bits per heavy atom. The zero-order chi connectivity index (χ0) is 19.6. The number of aliphatic hydroxyl groups is 1. The van der Waals surface area contributed by atoms with Gasteiger partial charge in [0.2, 0.25) is 0 Å². The Hall–Kier alpha value is -2.90. The van der Waals surface area contributed by atoms with Crippen LogP contribution >= 0.6 is 0 Å². The standard InChI is InChI=1S/C20H24N2O5/c1-14-8-9-18(15(2)12-14)26-13-16-6-4-5-7-17(16)19(21-25-3)20(24)22-27-11-10-23/h4-9,12,23H,10-11,13H2,1-3H3,(H,22,24). The van der Waals surface area contributed by atoms with Gasteiger partial charge in [0.05, 0.1) is 13.2 Å². The summed E-state index contributed by atoms with van der Waals surface area (Å²) in [5.74, 6) is 0.195. The molecule has 144 valence electrons. The van der Waals surface area contributed by atoms with E-state index in [1.807, 2.05) is 44.2 Å². The molecule has 0 radical (unpaired) electrons. The average molecular weight is 372 g/mol. The number of amides is 1. The molecule has 0 aliphatic rings. The molecule has 0 atom stereocenters. The highest BCUT2D eigenvalue weighted by Gasteiger charge is 2.19. The molecular weight excluding hydrogens is 348 g/mol. The molecule has 7 nitrogen and oxygen atoms in total. The fourth-order valence-corrected chi connectivity index (χ4v) is 2.51. The van der Waals surface area contributed by atoms with Gasteiger partial charge in [-0.25, -0.2) is 5.48 Å². The number of oxime groups is 1. The Labute approximate surface area is 158 Å². The molecule has 0 heterocycles. The lowest BCUT2D eigenvalue weighted by molar-refractivity contribution is -0.127. The summed E-state index contributed by atoms with van der Waals surface area (Å²) in [7, 11) is 1.36. The minimum atomic E-state index is -0.579. The molecule has 0 bridgehead atoms. The highest BCUT2D eigenvalue weighted by molar-refractivity contribution is 6.45. The van der Waals surface area contributed by atoms with Crippen molar-refractivity contribution in [2.45, 2.75) is 20.5 Å². The number of ether oxygens (including phenoxy) is 1. The number of benzene rings is 2. The highest BCUT2D eigenvalue weighted by Crippen LogP contribution is 2.21. The molecule has 0 saturated carbocycles. The first-order valence-electron chi connectivity index (χ1n) is 8.49. The fourth-order valence-electron chi connectivity index (χ4n) is 2.51. The summed E-state index contributed by atoms with van der Waals surface area (Å²) in [5, 5.41) is 12.6. The number of carbonyl (C=O) groups is 1. The molecule has 2 N–H and O–H groups in total. The van der Waals surface area contributed by atoms with Gasteiger partial charge < -0.3 is 14.7 Å². The Balaban J connectivity index is 2.21. The first-order chi connectivity index (χ1) is 13.1. The van der Waals surface area contributed by atoms with Crippen LogP contribution < -0.4 is 10.2 Å². The van der Waals surface area contributed by atoms with Gasteiger partial charge in [-0.2, -0.15) is 0 Å². The highest BCUT2D eigenvalue weighted by atomic mass is 16.7. The minimum absolute atomic E-state index is 0.0243. The van der Waals surface area contributed by atoms with Gasteiger partial charge in [0, 0.05) is 5.56 Å². The molecule has 1 amide bonds. The lowest BCUT2D eigenvalue weighted by Crippen LogP contribution is -2.33. The number of carbonyl (C=O) groups excluding carboxylic acids is 1. The van der Waals surface area contributed by atoms with Gasteiger partial charge in [-0.05, 0) is 31.0 Å². The lowest BCUT2D eigenvalue weighted by atomic mass is 10.0. The molecule has 2 aromatic rings. The molecule has 0 fully saturated rings. The third-order valence-corrected chi connectivity index (χ3v) is 3.74. The molecule has 0 unspecified atom stereocenters. The van der Waals surface area contributed by atoms with E-state index < -0.39 is 5.91 Å². The van der Waals surface area contributed by atoms with Gasteiger partial charge in [0.25, 0.3) is 5.91 Å². The fraction of sp³-hybridized carbons (Fsp3) is 0.300. The van der Waals surface area contributed by atoms with Gasteiger partial charge in [-0.15, -0.1) is 0 Å². The summed E-state index contributed by atoms with van der Waals surface area (Å²) < 4.78 is 5.93. The van der Waals surface area contributed by atoms with Crippen LogP contribution in [0.4, 0.5) is 0 Å². The Morgan fingerprint density at radius 3 is 2.67 bits per heavy atom. The van der Waals surface area contributed by atoms with Gasteiger partial charge >= 0.3 is 0 Å². The summed E-state index contributed by atoms with van der Waals surface area (Å²) in [5.41, 5.74) is 5.81. The van der Waals surface area contributed by atoms with E-state index in [-0.39, 0.29) is 25.5 Å². The van der Waals surface area contributed by atoms with E-state index in [2.05, 4.69) is 10.6 Å². The Bertz CT molecular complexity index is 805. The first-order valence-corrected chi connectivity index (χ1v) is 8.49. The van der Waals surface area contributed by atoms with Gasteiger partial charge in [0.15, 0.2) is 5.71 Å². The van der Waals surface area contributed by atoms with E-state index in [1.54, 1.807) is 12.1 Å². The van der Waals surface area contributed by atoms with Crippen molar-refractivity contribution < 1.29 is 24.3 Å². The number of hydrogen-bond acceptors (Lipinski definition) is 6. The van der Waals surface area contributed by atoms with Gasteiger partial charge in [-0.3, -0.25) is 9.63 Å². The number of nitrogens with zero attached hydrogens (tertiary/aromatic N) is 1. The smallest absolute Gasteiger partial charge is 0.297 e. The molecule has 27 heavy (non-hydrogen) atoms. The lowest BCUT2D eigenvalue weighted by Gasteiger charge is -2.14. The molecule has 2 rings (SSSR count). The second kappa shape index (κ2) is 10.3. The zero-order valence-electron chi connectivity index (χ0n) is 15.7. The van der Waals surface area contributed by atoms with Gasteiger partial charge in [-0.1, -0.05) is 47.1 Å². The van der Waals surface area contributed by atoms with E-state index in [9.17, 15) is 4.79 Å². The zero-order valence-corrected chi connectivity index (χ0v) is 15.7. The number of aryl methyl sites for hydroxylation is 2. The Kier molecular flexibility index (Phi) is 7.79. The van der Waals surface area contributed by atoms with Crippen molar-refractivity contribution in [2.75, 3.05) is 20.3 Å². The molecule has 7 heteroatoms. The van der Waals surface area contributed by atoms with E-state index in [0.29, 0.717) is 5.56 Å². The van der Waals surface area contributed by atoms with E-state index in [0.717, 1.165) is 22.4 Å². The second-order valence-electron chi connectivity index (χ2n) is 5.84. The van der Waals surface area contributed by atoms with E-state index >= 15 is 0 Å². The van der Waals surface area contributed by atoms with Crippen LogP contribution in [-0.4, -0.2) is 37.0 Å². The summed E-state index contributed by atoms with van der Waals surface area (Å²) >= 11 is 0. The van der Waals surface area contributed by atoms with Crippen molar-refractivity contribution in [3.8, 4) is 5.75 Å². The number of rotatable bonds is 9. The van der Waals surface area contributed by atoms with Crippen molar-refractivity contribution in [3.63, 3.8) is 0 Å². The van der Waals surface area contributed by atoms with Gasteiger partial charge in [0.1, 0.15) is 19.5 Å². The molecule has 0 aromatic heterocycles. The number of hydrogen-bond donors (Lipinski definition) is 2. The van der Waals surface area contributed by atoms with Crippen molar-refractivity contribution in [1.29, 1.82) is 0 Å². The van der Waals surface area contributed by atoms with Crippen LogP contribution in [0.1, 0.15) is 22.3 Å². The summed E-state index contributed by atoms with van der Waals surface area (Å²) in [4.78, 5) is 22.0. The maximum atomic E-state index is 12.4. The second-order valence-corrected chi connectivity index (χ2v) is 5.84. The summed E-state index contributed by atoms with van der Waals surface area (Å²) in [6.45, 7) is 4.03. The topological polar surface area (TPSA) is 89.4 Å². The van der Waals surface area contributed by atoms with Crippen LogP contribution in [-0.2, 0) is 21.1 Å². The summed E-state index contributed by atoms with van der Waals surface area (Å²) in [6, 6.07) is 13.2. The number of aliphatic hydroxyl groups excluding tert-OH is 1. The largest absolute Gasteiger partial charge is 0.489 e. The van der Waals surface area contributed by atoms with Crippen LogP contribution in [0.15, 0.2) is 47.6 Å². The third-order valence-electron chi connectivity index (χ3n) is 3.74. The molecule has 0 aliphatic heterocycles. The summed E-state index contributed by atoms with van der Waals surface area (Å²) in [6.07, 6.45) is 0. The van der Waals surface area contributed by atoms with Crippen LogP contribution in [0.25, 0.3) is 0 Å². The van der Waals surface area contributed by atoms with E-state index in [1.165, 1.54) is 7.11 Å². The van der Waals surface area contributed by atoms with Crippen LogP contribution in [0.2, 0.25) is 0 Å². The maximum Gasteiger partial charge on any atom is 0.297 e.